The number of anilines is 1. The van der Waals surface area contributed by atoms with Crippen LogP contribution in [0.25, 0.3) is 11.1 Å². The van der Waals surface area contributed by atoms with Crippen molar-refractivity contribution < 1.29 is 19.4 Å². The molecule has 140 valence electrons. The number of benzene rings is 3. The van der Waals surface area contributed by atoms with E-state index in [1.807, 2.05) is 36.4 Å². The van der Waals surface area contributed by atoms with Gasteiger partial charge in [0.05, 0.1) is 16.8 Å². The van der Waals surface area contributed by atoms with Gasteiger partial charge in [-0.15, -0.1) is 0 Å². The Bertz CT molecular complexity index is 1060. The lowest BCUT2D eigenvalue weighted by molar-refractivity contribution is 0.0494. The highest BCUT2D eigenvalue weighted by Crippen LogP contribution is 2.44. The molecule has 3 aromatic rings. The summed E-state index contributed by atoms with van der Waals surface area (Å²) in [5.41, 5.74) is 10.1. The molecule has 0 fully saturated rings. The van der Waals surface area contributed by atoms with Crippen LogP contribution in [-0.2, 0) is 4.74 Å². The standard InChI is InChI=1S/C22H16BrNO4/c23-12-9-17(21(25)26)20(24)18(10-12)22(27)28-11-19-15-7-3-1-5-13(15)14-6-2-4-8-16(14)19/h1-10,19H,11,24H2,(H,25,26). The molecule has 0 radical (unpaired) electrons. The molecule has 0 saturated carbocycles. The van der Waals surface area contributed by atoms with Gasteiger partial charge < -0.3 is 15.6 Å². The summed E-state index contributed by atoms with van der Waals surface area (Å²) in [7, 11) is 0. The molecule has 0 heterocycles. The van der Waals surface area contributed by atoms with Crippen LogP contribution in [-0.4, -0.2) is 23.7 Å². The average molecular weight is 438 g/mol. The molecule has 3 N–H and O–H groups in total. The van der Waals surface area contributed by atoms with Crippen molar-refractivity contribution in [1.82, 2.24) is 0 Å². The Morgan fingerprint density at radius 1 is 0.964 bits per heavy atom. The molecular weight excluding hydrogens is 422 g/mol. The highest BCUT2D eigenvalue weighted by Gasteiger charge is 2.29. The third kappa shape index (κ3) is 3.05. The van der Waals surface area contributed by atoms with Crippen LogP contribution in [0.1, 0.15) is 37.8 Å². The van der Waals surface area contributed by atoms with E-state index in [0.717, 1.165) is 22.3 Å². The van der Waals surface area contributed by atoms with E-state index in [1.165, 1.54) is 12.1 Å². The number of esters is 1. The molecule has 5 nitrogen and oxygen atoms in total. The van der Waals surface area contributed by atoms with Gasteiger partial charge in [-0.3, -0.25) is 0 Å². The van der Waals surface area contributed by atoms with E-state index in [-0.39, 0.29) is 29.3 Å². The molecule has 0 unspecified atom stereocenters. The van der Waals surface area contributed by atoms with Gasteiger partial charge in [-0.05, 0) is 34.4 Å². The van der Waals surface area contributed by atoms with Gasteiger partial charge in [-0.25, -0.2) is 9.59 Å². The van der Waals surface area contributed by atoms with Gasteiger partial charge in [0.1, 0.15) is 6.61 Å². The SMILES string of the molecule is Nc1c(C(=O)O)cc(Br)cc1C(=O)OCC1c2ccccc2-c2ccccc21. The predicted molar refractivity (Wildman–Crippen MR) is 110 cm³/mol. The summed E-state index contributed by atoms with van der Waals surface area (Å²) in [6.45, 7) is 0.140. The van der Waals surface area contributed by atoms with Crippen LogP contribution in [0.15, 0.2) is 65.1 Å². The number of carboxylic acid groups (broad SMARTS) is 1. The van der Waals surface area contributed by atoms with E-state index in [4.69, 9.17) is 10.5 Å². The molecule has 0 aromatic heterocycles. The summed E-state index contributed by atoms with van der Waals surface area (Å²) in [4.78, 5) is 24.0. The summed E-state index contributed by atoms with van der Waals surface area (Å²) in [6.07, 6.45) is 0. The molecule has 0 atom stereocenters. The minimum atomic E-state index is -1.20. The predicted octanol–water partition coefficient (Wildman–Crippen LogP) is 4.70. The van der Waals surface area contributed by atoms with Crippen molar-refractivity contribution in [2.45, 2.75) is 5.92 Å². The van der Waals surface area contributed by atoms with Crippen LogP contribution in [0, 0.1) is 0 Å². The Morgan fingerprint density at radius 3 is 2.07 bits per heavy atom. The number of rotatable bonds is 4. The summed E-state index contributed by atoms with van der Waals surface area (Å²) in [6, 6.07) is 18.9. The maximum Gasteiger partial charge on any atom is 0.340 e. The molecule has 0 aliphatic heterocycles. The van der Waals surface area contributed by atoms with Gasteiger partial charge in [0.2, 0.25) is 0 Å². The fourth-order valence-electron chi connectivity index (χ4n) is 3.64. The van der Waals surface area contributed by atoms with Crippen molar-refractivity contribution in [3.8, 4) is 11.1 Å². The quantitative estimate of drug-likeness (QED) is 0.456. The second-order valence-corrected chi connectivity index (χ2v) is 7.46. The Hall–Kier alpha value is -3.12. The van der Waals surface area contributed by atoms with Crippen LogP contribution in [0.4, 0.5) is 5.69 Å². The summed E-state index contributed by atoms with van der Waals surface area (Å²) in [5, 5.41) is 9.26. The average Bonchev–Trinajstić information content (AvgIpc) is 3.01. The number of carbonyl (C=O) groups is 2. The maximum atomic E-state index is 12.7. The topological polar surface area (TPSA) is 89.6 Å². The van der Waals surface area contributed by atoms with Gasteiger partial charge in [0.25, 0.3) is 0 Å². The number of aromatic carboxylic acids is 1. The van der Waals surface area contributed by atoms with E-state index < -0.39 is 11.9 Å². The first-order valence-corrected chi connectivity index (χ1v) is 9.44. The first-order chi connectivity index (χ1) is 13.5. The monoisotopic (exact) mass is 437 g/mol. The van der Waals surface area contributed by atoms with E-state index >= 15 is 0 Å². The second kappa shape index (κ2) is 7.13. The minimum absolute atomic E-state index is 0.0337. The highest BCUT2D eigenvalue weighted by atomic mass is 79.9. The Morgan fingerprint density at radius 2 is 1.50 bits per heavy atom. The number of hydrogen-bond donors (Lipinski definition) is 2. The third-order valence-electron chi connectivity index (χ3n) is 4.94. The zero-order valence-electron chi connectivity index (χ0n) is 14.7. The largest absolute Gasteiger partial charge is 0.478 e. The van der Waals surface area contributed by atoms with Gasteiger partial charge >= 0.3 is 11.9 Å². The Balaban J connectivity index is 1.62. The first kappa shape index (κ1) is 18.3. The highest BCUT2D eigenvalue weighted by molar-refractivity contribution is 9.10. The molecule has 1 aliphatic carbocycles. The van der Waals surface area contributed by atoms with Crippen molar-refractivity contribution in [3.63, 3.8) is 0 Å². The van der Waals surface area contributed by atoms with E-state index in [1.54, 1.807) is 0 Å². The molecule has 0 saturated heterocycles. The number of fused-ring (bicyclic) bond motifs is 3. The van der Waals surface area contributed by atoms with Crippen LogP contribution in [0.2, 0.25) is 0 Å². The van der Waals surface area contributed by atoms with Crippen LogP contribution >= 0.6 is 15.9 Å². The molecule has 0 bridgehead atoms. The normalized spacial score (nSPS) is 12.3. The summed E-state index contributed by atoms with van der Waals surface area (Å²) in [5.74, 6) is -1.93. The zero-order valence-corrected chi connectivity index (χ0v) is 16.3. The number of nitrogen functional groups attached to an aromatic ring is 1. The number of carboxylic acids is 1. The minimum Gasteiger partial charge on any atom is -0.478 e. The zero-order chi connectivity index (χ0) is 19.8. The molecule has 1 aliphatic rings. The lowest BCUT2D eigenvalue weighted by atomic mass is 9.98. The van der Waals surface area contributed by atoms with Crippen molar-refractivity contribution in [2.75, 3.05) is 12.3 Å². The number of nitrogens with two attached hydrogens (primary N) is 1. The molecule has 0 amide bonds. The molecule has 28 heavy (non-hydrogen) atoms. The van der Waals surface area contributed by atoms with Crippen molar-refractivity contribution in [2.24, 2.45) is 0 Å². The molecule has 4 rings (SSSR count). The molecule has 0 spiro atoms. The van der Waals surface area contributed by atoms with E-state index in [9.17, 15) is 14.7 Å². The van der Waals surface area contributed by atoms with Crippen molar-refractivity contribution in [1.29, 1.82) is 0 Å². The Labute approximate surface area is 169 Å². The van der Waals surface area contributed by atoms with Crippen molar-refractivity contribution in [3.05, 3.63) is 87.4 Å². The maximum absolute atomic E-state index is 12.7. The summed E-state index contributed by atoms with van der Waals surface area (Å²) < 4.78 is 6.01. The van der Waals surface area contributed by atoms with Gasteiger partial charge in [0.15, 0.2) is 0 Å². The van der Waals surface area contributed by atoms with Crippen LogP contribution in [0.3, 0.4) is 0 Å². The third-order valence-corrected chi connectivity index (χ3v) is 5.40. The molecule has 3 aromatic carbocycles. The van der Waals surface area contributed by atoms with E-state index in [0.29, 0.717) is 4.47 Å². The lowest BCUT2D eigenvalue weighted by Crippen LogP contribution is -2.16. The van der Waals surface area contributed by atoms with Gasteiger partial charge in [-0.2, -0.15) is 0 Å². The smallest absolute Gasteiger partial charge is 0.340 e. The van der Waals surface area contributed by atoms with Crippen LogP contribution in [0.5, 0.6) is 0 Å². The number of carbonyl (C=O) groups excluding carboxylic acids is 1. The van der Waals surface area contributed by atoms with Crippen LogP contribution < -0.4 is 5.73 Å². The number of ether oxygens (including phenoxy) is 1. The number of halogens is 1. The fourth-order valence-corrected chi connectivity index (χ4v) is 4.10. The summed E-state index contributed by atoms with van der Waals surface area (Å²) >= 11 is 3.22. The van der Waals surface area contributed by atoms with E-state index in [2.05, 4.69) is 28.1 Å². The second-order valence-electron chi connectivity index (χ2n) is 6.55. The molecule has 6 heteroatoms. The fraction of sp³-hybridized carbons (Fsp3) is 0.0909. The molecular formula is C22H16BrNO4. The van der Waals surface area contributed by atoms with Gasteiger partial charge in [0, 0.05) is 10.4 Å². The lowest BCUT2D eigenvalue weighted by Gasteiger charge is -2.15. The first-order valence-electron chi connectivity index (χ1n) is 8.65. The number of hydrogen-bond acceptors (Lipinski definition) is 4. The van der Waals surface area contributed by atoms with Crippen molar-refractivity contribution >= 4 is 33.6 Å². The van der Waals surface area contributed by atoms with Gasteiger partial charge in [-0.1, -0.05) is 64.5 Å². The Kier molecular flexibility index (Phi) is 4.65.